The Balaban J connectivity index is 2.02. The molecular formula is C13H12FNOS. The van der Waals surface area contributed by atoms with Gasteiger partial charge in [-0.05, 0) is 43.5 Å². The van der Waals surface area contributed by atoms with Gasteiger partial charge in [0.2, 0.25) is 0 Å². The van der Waals surface area contributed by atoms with Crippen LogP contribution in [0.25, 0.3) is 10.6 Å². The van der Waals surface area contributed by atoms with E-state index < -0.39 is 0 Å². The zero-order chi connectivity index (χ0) is 11.8. The lowest BCUT2D eigenvalue weighted by molar-refractivity contribution is 0.160. The van der Waals surface area contributed by atoms with Crippen LogP contribution in [0.4, 0.5) is 4.39 Å². The van der Waals surface area contributed by atoms with Crippen LogP contribution in [0, 0.1) is 5.82 Å². The predicted octanol–water partition coefficient (Wildman–Crippen LogP) is 3.32. The molecule has 1 aromatic heterocycles. The largest absolute Gasteiger partial charge is 0.388 e. The molecule has 1 heterocycles. The summed E-state index contributed by atoms with van der Waals surface area (Å²) in [6, 6.07) is 6.33. The number of aromatic nitrogens is 1. The van der Waals surface area contributed by atoms with Crippen molar-refractivity contribution in [2.24, 2.45) is 0 Å². The van der Waals surface area contributed by atoms with Gasteiger partial charge in [-0.15, -0.1) is 11.3 Å². The van der Waals surface area contributed by atoms with E-state index in [-0.39, 0.29) is 11.9 Å². The summed E-state index contributed by atoms with van der Waals surface area (Å²) in [4.78, 5) is 5.52. The highest BCUT2D eigenvalue weighted by Crippen LogP contribution is 2.37. The molecule has 4 heteroatoms. The standard InChI is InChI=1S/C13H12FNOS/c14-9-6-4-8(5-7-9)13-15-10-2-1-3-11(16)12(10)17-13/h4-7,11,16H,1-3H2. The van der Waals surface area contributed by atoms with Crippen molar-refractivity contribution in [3.05, 3.63) is 40.7 Å². The van der Waals surface area contributed by atoms with Crippen LogP contribution in [0.2, 0.25) is 0 Å². The summed E-state index contributed by atoms with van der Waals surface area (Å²) < 4.78 is 12.8. The van der Waals surface area contributed by atoms with Crippen LogP contribution >= 0.6 is 11.3 Å². The van der Waals surface area contributed by atoms with Crippen molar-refractivity contribution < 1.29 is 9.50 Å². The van der Waals surface area contributed by atoms with E-state index in [0.717, 1.165) is 40.4 Å². The molecule has 1 aliphatic rings. The molecule has 1 aromatic carbocycles. The monoisotopic (exact) mass is 249 g/mol. The number of aliphatic hydroxyl groups is 1. The van der Waals surface area contributed by atoms with Gasteiger partial charge in [0.25, 0.3) is 0 Å². The van der Waals surface area contributed by atoms with Crippen molar-refractivity contribution in [3.63, 3.8) is 0 Å². The van der Waals surface area contributed by atoms with Gasteiger partial charge in [-0.25, -0.2) is 9.37 Å². The first-order chi connectivity index (χ1) is 8.24. The summed E-state index contributed by atoms with van der Waals surface area (Å²) in [5, 5.41) is 10.7. The molecule has 2 aromatic rings. The molecule has 1 N–H and O–H groups in total. The third kappa shape index (κ3) is 1.98. The van der Waals surface area contributed by atoms with E-state index in [9.17, 15) is 9.50 Å². The van der Waals surface area contributed by atoms with E-state index in [0.29, 0.717) is 0 Å². The fourth-order valence-electron chi connectivity index (χ4n) is 2.11. The maximum atomic E-state index is 12.8. The summed E-state index contributed by atoms with van der Waals surface area (Å²) in [6.07, 6.45) is 2.37. The van der Waals surface area contributed by atoms with Crippen molar-refractivity contribution in [3.8, 4) is 10.6 Å². The summed E-state index contributed by atoms with van der Waals surface area (Å²) in [5.74, 6) is -0.241. The molecule has 1 atom stereocenters. The Morgan fingerprint density at radius 3 is 2.76 bits per heavy atom. The second-order valence-corrected chi connectivity index (χ2v) is 5.28. The average Bonchev–Trinajstić information content (AvgIpc) is 2.75. The maximum absolute atomic E-state index is 12.8. The van der Waals surface area contributed by atoms with Crippen LogP contribution in [0.3, 0.4) is 0 Å². The Morgan fingerprint density at radius 1 is 1.29 bits per heavy atom. The van der Waals surface area contributed by atoms with Gasteiger partial charge >= 0.3 is 0 Å². The predicted molar refractivity (Wildman–Crippen MR) is 65.4 cm³/mol. The lowest BCUT2D eigenvalue weighted by Gasteiger charge is -2.14. The number of nitrogens with zero attached hydrogens (tertiary/aromatic N) is 1. The van der Waals surface area contributed by atoms with E-state index in [1.165, 1.54) is 23.5 Å². The highest BCUT2D eigenvalue weighted by Gasteiger charge is 2.22. The first-order valence-electron chi connectivity index (χ1n) is 5.67. The second kappa shape index (κ2) is 4.20. The van der Waals surface area contributed by atoms with Gasteiger partial charge in [-0.3, -0.25) is 0 Å². The third-order valence-corrected chi connectivity index (χ3v) is 4.26. The zero-order valence-electron chi connectivity index (χ0n) is 9.19. The lowest BCUT2D eigenvalue weighted by atomic mass is 10.0. The van der Waals surface area contributed by atoms with Gasteiger partial charge in [0.1, 0.15) is 10.8 Å². The topological polar surface area (TPSA) is 33.1 Å². The van der Waals surface area contributed by atoms with Gasteiger partial charge < -0.3 is 5.11 Å². The number of benzene rings is 1. The molecule has 0 saturated carbocycles. The number of halogens is 1. The molecule has 88 valence electrons. The Hall–Kier alpha value is -1.26. The number of rotatable bonds is 1. The molecule has 0 fully saturated rings. The average molecular weight is 249 g/mol. The first kappa shape index (κ1) is 10.9. The molecular weight excluding hydrogens is 237 g/mol. The van der Waals surface area contributed by atoms with Gasteiger partial charge in [0, 0.05) is 5.56 Å². The van der Waals surface area contributed by atoms with Gasteiger partial charge in [-0.1, -0.05) is 0 Å². The third-order valence-electron chi connectivity index (χ3n) is 3.01. The number of hydrogen-bond acceptors (Lipinski definition) is 3. The zero-order valence-corrected chi connectivity index (χ0v) is 10.0. The minimum Gasteiger partial charge on any atom is -0.388 e. The molecule has 0 spiro atoms. The van der Waals surface area contributed by atoms with E-state index in [1.807, 2.05) is 0 Å². The SMILES string of the molecule is OC1CCCc2nc(-c3ccc(F)cc3)sc21. The molecule has 0 amide bonds. The molecule has 0 radical (unpaired) electrons. The van der Waals surface area contributed by atoms with Gasteiger partial charge in [-0.2, -0.15) is 0 Å². The van der Waals surface area contributed by atoms with Crippen LogP contribution < -0.4 is 0 Å². The smallest absolute Gasteiger partial charge is 0.123 e. The Bertz CT molecular complexity index is 535. The highest BCUT2D eigenvalue weighted by atomic mass is 32.1. The number of thiazole rings is 1. The minimum absolute atomic E-state index is 0.241. The summed E-state index contributed by atoms with van der Waals surface area (Å²) in [6.45, 7) is 0. The molecule has 0 aliphatic heterocycles. The number of aryl methyl sites for hydroxylation is 1. The summed E-state index contributed by atoms with van der Waals surface area (Å²) in [5.41, 5.74) is 1.92. The first-order valence-corrected chi connectivity index (χ1v) is 6.49. The molecule has 3 rings (SSSR count). The fourth-order valence-corrected chi connectivity index (χ4v) is 3.25. The number of fused-ring (bicyclic) bond motifs is 1. The number of hydrogen-bond donors (Lipinski definition) is 1. The molecule has 0 saturated heterocycles. The highest BCUT2D eigenvalue weighted by molar-refractivity contribution is 7.15. The Kier molecular flexibility index (Phi) is 2.68. The van der Waals surface area contributed by atoms with Crippen LogP contribution in [0.15, 0.2) is 24.3 Å². The normalized spacial score (nSPS) is 19.1. The quantitative estimate of drug-likeness (QED) is 0.841. The van der Waals surface area contributed by atoms with Gasteiger partial charge in [0.05, 0.1) is 16.7 Å². The van der Waals surface area contributed by atoms with Crippen molar-refractivity contribution in [2.75, 3.05) is 0 Å². The molecule has 1 aliphatic carbocycles. The van der Waals surface area contributed by atoms with Crippen LogP contribution in [0.5, 0.6) is 0 Å². The van der Waals surface area contributed by atoms with E-state index in [2.05, 4.69) is 4.98 Å². The van der Waals surface area contributed by atoms with Crippen LogP contribution in [0.1, 0.15) is 29.5 Å². The molecule has 2 nitrogen and oxygen atoms in total. The molecule has 0 bridgehead atoms. The molecule has 17 heavy (non-hydrogen) atoms. The van der Waals surface area contributed by atoms with E-state index in [4.69, 9.17) is 0 Å². The number of aliphatic hydroxyl groups excluding tert-OH is 1. The maximum Gasteiger partial charge on any atom is 0.123 e. The van der Waals surface area contributed by atoms with Crippen molar-refractivity contribution in [1.29, 1.82) is 0 Å². The van der Waals surface area contributed by atoms with Crippen molar-refractivity contribution in [2.45, 2.75) is 25.4 Å². The summed E-state index contributed by atoms with van der Waals surface area (Å²) in [7, 11) is 0. The summed E-state index contributed by atoms with van der Waals surface area (Å²) >= 11 is 1.52. The Labute approximate surface area is 103 Å². The minimum atomic E-state index is -0.370. The lowest BCUT2D eigenvalue weighted by Crippen LogP contribution is -2.06. The fraction of sp³-hybridized carbons (Fsp3) is 0.308. The van der Waals surface area contributed by atoms with Crippen molar-refractivity contribution in [1.82, 2.24) is 4.98 Å². The van der Waals surface area contributed by atoms with E-state index in [1.54, 1.807) is 12.1 Å². The van der Waals surface area contributed by atoms with Crippen LogP contribution in [-0.2, 0) is 6.42 Å². The Morgan fingerprint density at radius 2 is 2.06 bits per heavy atom. The van der Waals surface area contributed by atoms with E-state index >= 15 is 0 Å². The van der Waals surface area contributed by atoms with Crippen molar-refractivity contribution >= 4 is 11.3 Å². The molecule has 1 unspecified atom stereocenters. The van der Waals surface area contributed by atoms with Gasteiger partial charge in [0.15, 0.2) is 0 Å². The van der Waals surface area contributed by atoms with Crippen LogP contribution in [-0.4, -0.2) is 10.1 Å². The second-order valence-electron chi connectivity index (χ2n) is 4.24.